The lowest BCUT2D eigenvalue weighted by atomic mass is 9.81. The summed E-state index contributed by atoms with van der Waals surface area (Å²) in [5.74, 6) is 0.451. The molecule has 0 amide bonds. The van der Waals surface area contributed by atoms with Gasteiger partial charge in [-0.25, -0.2) is 0 Å². The molecular formula is C16H23NO. The van der Waals surface area contributed by atoms with E-state index >= 15 is 0 Å². The first-order valence-electron chi connectivity index (χ1n) is 7.31. The molecule has 18 heavy (non-hydrogen) atoms. The Labute approximate surface area is 110 Å². The van der Waals surface area contributed by atoms with Gasteiger partial charge in [-0.2, -0.15) is 0 Å². The minimum Gasteiger partial charge on any atom is -0.388 e. The SMILES string of the molecule is O[C@H](c1ccccc1)[C@@H]1CCN2CCCC[C@@H]2C1. The van der Waals surface area contributed by atoms with Gasteiger partial charge in [0.15, 0.2) is 0 Å². The summed E-state index contributed by atoms with van der Waals surface area (Å²) in [6, 6.07) is 10.9. The van der Waals surface area contributed by atoms with Gasteiger partial charge in [0.2, 0.25) is 0 Å². The summed E-state index contributed by atoms with van der Waals surface area (Å²) in [6.07, 6.45) is 6.12. The summed E-state index contributed by atoms with van der Waals surface area (Å²) >= 11 is 0. The van der Waals surface area contributed by atoms with Crippen molar-refractivity contribution in [2.75, 3.05) is 13.1 Å². The zero-order chi connectivity index (χ0) is 12.4. The number of hydrogen-bond acceptors (Lipinski definition) is 2. The second-order valence-electron chi connectivity index (χ2n) is 5.83. The molecule has 2 saturated heterocycles. The molecule has 2 aliphatic rings. The highest BCUT2D eigenvalue weighted by molar-refractivity contribution is 5.18. The molecule has 2 aliphatic heterocycles. The molecule has 3 rings (SSSR count). The lowest BCUT2D eigenvalue weighted by Crippen LogP contribution is -2.46. The maximum absolute atomic E-state index is 10.5. The highest BCUT2D eigenvalue weighted by Crippen LogP contribution is 2.36. The molecule has 1 aromatic carbocycles. The largest absolute Gasteiger partial charge is 0.388 e. The van der Waals surface area contributed by atoms with E-state index in [1.165, 1.54) is 38.8 Å². The van der Waals surface area contributed by atoms with Gasteiger partial charge in [-0.3, -0.25) is 0 Å². The Kier molecular flexibility index (Phi) is 3.67. The zero-order valence-electron chi connectivity index (χ0n) is 11.0. The Morgan fingerprint density at radius 1 is 1.06 bits per heavy atom. The van der Waals surface area contributed by atoms with E-state index in [4.69, 9.17) is 0 Å². The highest BCUT2D eigenvalue weighted by atomic mass is 16.3. The molecule has 0 unspecified atom stereocenters. The van der Waals surface area contributed by atoms with Crippen LogP contribution < -0.4 is 0 Å². The van der Waals surface area contributed by atoms with Gasteiger partial charge in [-0.05, 0) is 50.3 Å². The summed E-state index contributed by atoms with van der Waals surface area (Å²) in [7, 11) is 0. The number of fused-ring (bicyclic) bond motifs is 1. The van der Waals surface area contributed by atoms with Gasteiger partial charge in [0.1, 0.15) is 0 Å². The standard InChI is InChI=1S/C16H23NO/c18-16(13-6-2-1-3-7-13)14-9-11-17-10-5-4-8-15(17)12-14/h1-3,6-7,14-16,18H,4-5,8-12H2/t14-,15-,16-/m1/s1. The Hall–Kier alpha value is -0.860. The van der Waals surface area contributed by atoms with Crippen LogP contribution in [-0.2, 0) is 0 Å². The number of nitrogens with zero attached hydrogens (tertiary/aromatic N) is 1. The zero-order valence-corrected chi connectivity index (χ0v) is 11.0. The topological polar surface area (TPSA) is 23.5 Å². The molecule has 0 bridgehead atoms. The van der Waals surface area contributed by atoms with E-state index in [2.05, 4.69) is 17.0 Å². The number of rotatable bonds is 2. The quantitative estimate of drug-likeness (QED) is 0.866. The van der Waals surface area contributed by atoms with Crippen LogP contribution in [0.1, 0.15) is 43.8 Å². The van der Waals surface area contributed by atoms with Crippen LogP contribution in [0.4, 0.5) is 0 Å². The Morgan fingerprint density at radius 3 is 2.72 bits per heavy atom. The van der Waals surface area contributed by atoms with E-state index in [0.29, 0.717) is 5.92 Å². The molecule has 0 radical (unpaired) electrons. The maximum atomic E-state index is 10.5. The maximum Gasteiger partial charge on any atom is 0.0819 e. The third-order valence-electron chi connectivity index (χ3n) is 4.70. The third kappa shape index (κ3) is 2.45. The number of benzene rings is 1. The number of aliphatic hydroxyl groups is 1. The van der Waals surface area contributed by atoms with Crippen LogP contribution in [0.15, 0.2) is 30.3 Å². The van der Waals surface area contributed by atoms with Gasteiger partial charge in [-0.15, -0.1) is 0 Å². The van der Waals surface area contributed by atoms with Crippen molar-refractivity contribution in [3.8, 4) is 0 Å². The number of piperidine rings is 2. The van der Waals surface area contributed by atoms with Crippen molar-refractivity contribution in [2.45, 2.75) is 44.2 Å². The number of hydrogen-bond donors (Lipinski definition) is 1. The molecule has 2 heterocycles. The normalized spacial score (nSPS) is 30.7. The first-order valence-corrected chi connectivity index (χ1v) is 7.31. The van der Waals surface area contributed by atoms with Crippen molar-refractivity contribution in [3.05, 3.63) is 35.9 Å². The van der Waals surface area contributed by atoms with E-state index in [1.807, 2.05) is 18.2 Å². The smallest absolute Gasteiger partial charge is 0.0819 e. The fourth-order valence-electron chi connectivity index (χ4n) is 3.63. The van der Waals surface area contributed by atoms with Crippen LogP contribution in [0.2, 0.25) is 0 Å². The van der Waals surface area contributed by atoms with Gasteiger partial charge in [0, 0.05) is 6.04 Å². The van der Waals surface area contributed by atoms with Crippen LogP contribution in [0, 0.1) is 5.92 Å². The average Bonchev–Trinajstić information content (AvgIpc) is 2.47. The third-order valence-corrected chi connectivity index (χ3v) is 4.70. The molecule has 0 aliphatic carbocycles. The summed E-state index contributed by atoms with van der Waals surface area (Å²) in [5, 5.41) is 10.5. The van der Waals surface area contributed by atoms with Crippen LogP contribution in [0.3, 0.4) is 0 Å². The average molecular weight is 245 g/mol. The summed E-state index contributed by atoms with van der Waals surface area (Å²) < 4.78 is 0. The Bertz CT molecular complexity index is 378. The summed E-state index contributed by atoms with van der Waals surface area (Å²) in [5.41, 5.74) is 1.09. The molecule has 2 fully saturated rings. The fraction of sp³-hybridized carbons (Fsp3) is 0.625. The molecule has 2 nitrogen and oxygen atoms in total. The van der Waals surface area contributed by atoms with E-state index in [0.717, 1.165) is 18.0 Å². The van der Waals surface area contributed by atoms with E-state index in [9.17, 15) is 5.11 Å². The number of aliphatic hydroxyl groups excluding tert-OH is 1. The van der Waals surface area contributed by atoms with E-state index in [-0.39, 0.29) is 6.10 Å². The molecule has 98 valence electrons. The van der Waals surface area contributed by atoms with Crippen molar-refractivity contribution in [1.82, 2.24) is 4.90 Å². The van der Waals surface area contributed by atoms with E-state index < -0.39 is 0 Å². The Balaban J connectivity index is 1.67. The Morgan fingerprint density at radius 2 is 1.89 bits per heavy atom. The first kappa shape index (κ1) is 12.2. The molecule has 0 aromatic heterocycles. The van der Waals surface area contributed by atoms with Crippen LogP contribution >= 0.6 is 0 Å². The second kappa shape index (κ2) is 5.41. The van der Waals surface area contributed by atoms with Crippen molar-refractivity contribution in [2.24, 2.45) is 5.92 Å². The predicted octanol–water partition coefficient (Wildman–Crippen LogP) is 2.98. The van der Waals surface area contributed by atoms with Gasteiger partial charge in [-0.1, -0.05) is 36.8 Å². The molecule has 3 atom stereocenters. The lowest BCUT2D eigenvalue weighted by Gasteiger charge is -2.43. The van der Waals surface area contributed by atoms with Crippen molar-refractivity contribution in [1.29, 1.82) is 0 Å². The van der Waals surface area contributed by atoms with Gasteiger partial charge < -0.3 is 10.0 Å². The predicted molar refractivity (Wildman–Crippen MR) is 73.3 cm³/mol. The van der Waals surface area contributed by atoms with Gasteiger partial charge in [0.05, 0.1) is 6.10 Å². The lowest BCUT2D eigenvalue weighted by molar-refractivity contribution is 0.0155. The minimum atomic E-state index is -0.268. The molecular weight excluding hydrogens is 222 g/mol. The minimum absolute atomic E-state index is 0.268. The summed E-state index contributed by atoms with van der Waals surface area (Å²) in [4.78, 5) is 2.64. The van der Waals surface area contributed by atoms with Crippen molar-refractivity contribution >= 4 is 0 Å². The molecule has 1 aromatic rings. The first-order chi connectivity index (χ1) is 8.84. The second-order valence-corrected chi connectivity index (χ2v) is 5.83. The fourth-order valence-corrected chi connectivity index (χ4v) is 3.63. The monoisotopic (exact) mass is 245 g/mol. The summed E-state index contributed by atoms with van der Waals surface area (Å²) in [6.45, 7) is 2.46. The van der Waals surface area contributed by atoms with Crippen molar-refractivity contribution < 1.29 is 5.11 Å². The van der Waals surface area contributed by atoms with Gasteiger partial charge >= 0.3 is 0 Å². The highest BCUT2D eigenvalue weighted by Gasteiger charge is 2.33. The molecule has 0 saturated carbocycles. The molecule has 0 spiro atoms. The van der Waals surface area contributed by atoms with Crippen molar-refractivity contribution in [3.63, 3.8) is 0 Å². The van der Waals surface area contributed by atoms with Gasteiger partial charge in [0.25, 0.3) is 0 Å². The van der Waals surface area contributed by atoms with E-state index in [1.54, 1.807) is 0 Å². The molecule has 2 heteroatoms. The van der Waals surface area contributed by atoms with Crippen LogP contribution in [0.25, 0.3) is 0 Å². The van der Waals surface area contributed by atoms with Crippen LogP contribution in [-0.4, -0.2) is 29.1 Å². The van der Waals surface area contributed by atoms with Crippen LogP contribution in [0.5, 0.6) is 0 Å². The molecule has 1 N–H and O–H groups in total.